The number of rotatable bonds is 8. The van der Waals surface area contributed by atoms with Crippen molar-refractivity contribution in [1.82, 2.24) is 0 Å². The van der Waals surface area contributed by atoms with E-state index in [2.05, 4.69) is 66.6 Å². The van der Waals surface area contributed by atoms with Crippen LogP contribution in [0, 0.1) is 11.3 Å². The second kappa shape index (κ2) is 14.1. The molecule has 0 atom stereocenters. The van der Waals surface area contributed by atoms with Gasteiger partial charge in [0.1, 0.15) is 0 Å². The maximum atomic E-state index is 9.20. The second-order valence-corrected chi connectivity index (χ2v) is 11.5. The Hall–Kier alpha value is -5.83. The molecule has 0 saturated carbocycles. The molecule has 1 aromatic heterocycles. The number of nitrogens with zero attached hydrogens (tertiary/aromatic N) is 3. The summed E-state index contributed by atoms with van der Waals surface area (Å²) in [5, 5.41) is 15.0. The van der Waals surface area contributed by atoms with Gasteiger partial charge < -0.3 is 5.32 Å². The highest BCUT2D eigenvalue weighted by Crippen LogP contribution is 2.17. The van der Waals surface area contributed by atoms with Gasteiger partial charge in [-0.15, -0.1) is 11.3 Å². The number of fused-ring (bicyclic) bond motifs is 1. The average molecular weight is 599 g/mol. The van der Waals surface area contributed by atoms with Gasteiger partial charge in [-0.3, -0.25) is 4.99 Å². The monoisotopic (exact) mass is 598 g/mol. The normalized spacial score (nSPS) is 12.5. The molecule has 5 aromatic carbocycles. The van der Waals surface area contributed by atoms with E-state index in [1.54, 1.807) is 23.5 Å². The lowest BCUT2D eigenvalue weighted by atomic mass is 10.1. The molecule has 0 aliphatic carbocycles. The molecule has 0 amide bonds. The van der Waals surface area contributed by atoms with E-state index in [1.807, 2.05) is 91.1 Å². The van der Waals surface area contributed by atoms with E-state index in [0.29, 0.717) is 17.9 Å². The third-order valence-electron chi connectivity index (χ3n) is 7.27. The van der Waals surface area contributed by atoms with E-state index in [4.69, 9.17) is 9.98 Å². The Morgan fingerprint density at radius 3 is 2.20 bits per heavy atom. The topological polar surface area (TPSA) is 60.5 Å². The molecular weight excluding hydrogens is 569 g/mol. The third-order valence-corrected chi connectivity index (χ3v) is 8.40. The van der Waals surface area contributed by atoms with Crippen molar-refractivity contribution in [3.63, 3.8) is 0 Å². The molecule has 0 aliphatic rings. The first-order chi connectivity index (χ1) is 22.2. The Morgan fingerprint density at radius 2 is 1.47 bits per heavy atom. The van der Waals surface area contributed by atoms with Crippen molar-refractivity contribution in [2.75, 3.05) is 5.32 Å². The molecule has 0 saturated heterocycles. The van der Waals surface area contributed by atoms with Crippen LogP contribution in [0.2, 0.25) is 0 Å². The molecule has 1 N–H and O–H groups in total. The summed E-state index contributed by atoms with van der Waals surface area (Å²) in [6.45, 7) is 4.84. The number of hydrogen-bond donors (Lipinski definition) is 1. The number of hydrogen-bond acceptors (Lipinski definition) is 4. The van der Waals surface area contributed by atoms with Gasteiger partial charge in [-0.2, -0.15) is 5.26 Å². The van der Waals surface area contributed by atoms with Crippen LogP contribution < -0.4 is 15.1 Å². The van der Waals surface area contributed by atoms with Gasteiger partial charge in [0.05, 0.1) is 18.2 Å². The molecule has 216 valence electrons. The fraction of sp³-hybridized carbons (Fsp3) is 0.0250. The smallest absolute Gasteiger partial charge is 0.154 e. The zero-order chi connectivity index (χ0) is 30.8. The molecule has 0 radical (unpaired) electrons. The summed E-state index contributed by atoms with van der Waals surface area (Å²) < 4.78 is 2.39. The van der Waals surface area contributed by atoms with Crippen LogP contribution in [0.4, 0.5) is 5.69 Å². The summed E-state index contributed by atoms with van der Waals surface area (Å²) in [5.74, 6) is 0.615. The first-order valence-corrected chi connectivity index (χ1v) is 15.4. The minimum absolute atomic E-state index is 0.515. The SMILES string of the molecule is C=C(/C=c1/sc2ccccc2/c1=C/Nc1ccc(/C=N/C(=N\Cc2ccccc2)c2ccc(C#N)cc2)cc1)c1ccccc1. The van der Waals surface area contributed by atoms with Crippen LogP contribution in [0.1, 0.15) is 27.8 Å². The van der Waals surface area contributed by atoms with Crippen molar-refractivity contribution < 1.29 is 0 Å². The lowest BCUT2D eigenvalue weighted by Gasteiger charge is -2.04. The zero-order valence-electron chi connectivity index (χ0n) is 24.6. The van der Waals surface area contributed by atoms with Gasteiger partial charge in [-0.05, 0) is 70.8 Å². The summed E-state index contributed by atoms with van der Waals surface area (Å²) in [5.41, 5.74) is 6.59. The van der Waals surface area contributed by atoms with E-state index < -0.39 is 0 Å². The van der Waals surface area contributed by atoms with Gasteiger partial charge in [0.2, 0.25) is 0 Å². The number of nitriles is 1. The van der Waals surface area contributed by atoms with Crippen LogP contribution in [0.3, 0.4) is 0 Å². The number of anilines is 1. The molecule has 0 spiro atoms. The van der Waals surface area contributed by atoms with Crippen molar-refractivity contribution in [3.8, 4) is 6.07 Å². The molecular formula is C40H30N4S. The van der Waals surface area contributed by atoms with Crippen molar-refractivity contribution in [2.24, 2.45) is 9.98 Å². The Balaban J connectivity index is 1.24. The molecule has 5 heteroatoms. The highest BCUT2D eigenvalue weighted by molar-refractivity contribution is 7.17. The number of nitrogens with one attached hydrogen (secondary N) is 1. The van der Waals surface area contributed by atoms with Gasteiger partial charge >= 0.3 is 0 Å². The number of benzene rings is 5. The number of amidine groups is 1. The second-order valence-electron chi connectivity index (χ2n) is 10.4. The van der Waals surface area contributed by atoms with Crippen LogP contribution in [0.5, 0.6) is 0 Å². The summed E-state index contributed by atoms with van der Waals surface area (Å²) in [6, 6.07) is 46.5. The minimum atomic E-state index is 0.515. The van der Waals surface area contributed by atoms with E-state index in [-0.39, 0.29) is 0 Å². The lowest BCUT2D eigenvalue weighted by molar-refractivity contribution is 1.06. The Bertz CT molecular complexity index is 2150. The van der Waals surface area contributed by atoms with Crippen LogP contribution in [0.25, 0.3) is 27.9 Å². The van der Waals surface area contributed by atoms with Crippen LogP contribution >= 0.6 is 11.3 Å². The fourth-order valence-electron chi connectivity index (χ4n) is 4.84. The molecule has 0 aliphatic heterocycles. The van der Waals surface area contributed by atoms with Gasteiger partial charge in [0.15, 0.2) is 5.84 Å². The number of aliphatic imine (C=N–C) groups is 2. The van der Waals surface area contributed by atoms with Crippen LogP contribution in [-0.4, -0.2) is 12.1 Å². The van der Waals surface area contributed by atoms with Gasteiger partial charge in [-0.1, -0.05) is 97.6 Å². The first-order valence-electron chi connectivity index (χ1n) is 14.6. The number of allylic oxidation sites excluding steroid dienone is 1. The molecule has 0 fully saturated rings. The highest BCUT2D eigenvalue weighted by Gasteiger charge is 2.04. The van der Waals surface area contributed by atoms with Gasteiger partial charge in [0, 0.05) is 43.5 Å². The lowest BCUT2D eigenvalue weighted by Crippen LogP contribution is -2.20. The molecule has 6 aromatic rings. The minimum Gasteiger partial charge on any atom is -0.361 e. The van der Waals surface area contributed by atoms with E-state index in [0.717, 1.165) is 43.3 Å². The predicted octanol–water partition coefficient (Wildman–Crippen LogP) is 8.18. The summed E-state index contributed by atoms with van der Waals surface area (Å²) in [4.78, 5) is 9.55. The Labute approximate surface area is 267 Å². The Kier molecular flexibility index (Phi) is 9.16. The molecule has 6 rings (SSSR count). The maximum Gasteiger partial charge on any atom is 0.154 e. The standard InChI is InChI=1S/C40H30N4S/c1-29(33-12-6-3-7-13-33)24-39-37(36-14-8-9-15-38(36)45-39)28-42-35-22-18-32(19-23-35)27-44-40(34-20-16-30(25-41)17-21-34)43-26-31-10-4-2-5-11-31/h2-24,27-28,42H,1,26H2/b37-28-,39-24+,43-40-,44-27+. The summed E-state index contributed by atoms with van der Waals surface area (Å²) in [7, 11) is 0. The van der Waals surface area contributed by atoms with E-state index in [9.17, 15) is 5.26 Å². The fourth-order valence-corrected chi connectivity index (χ4v) is 5.99. The van der Waals surface area contributed by atoms with Crippen LogP contribution in [0.15, 0.2) is 150 Å². The van der Waals surface area contributed by atoms with E-state index in [1.165, 1.54) is 10.1 Å². The summed E-state index contributed by atoms with van der Waals surface area (Å²) >= 11 is 1.76. The van der Waals surface area contributed by atoms with E-state index >= 15 is 0 Å². The zero-order valence-corrected chi connectivity index (χ0v) is 25.4. The van der Waals surface area contributed by atoms with Crippen molar-refractivity contribution in [2.45, 2.75) is 6.54 Å². The highest BCUT2D eigenvalue weighted by atomic mass is 32.1. The van der Waals surface area contributed by atoms with Crippen molar-refractivity contribution in [1.29, 1.82) is 5.26 Å². The maximum absolute atomic E-state index is 9.20. The van der Waals surface area contributed by atoms with Crippen LogP contribution in [-0.2, 0) is 6.54 Å². The third kappa shape index (κ3) is 7.40. The Morgan fingerprint density at radius 1 is 0.778 bits per heavy atom. The molecule has 45 heavy (non-hydrogen) atoms. The molecule has 0 unspecified atom stereocenters. The van der Waals surface area contributed by atoms with Crippen molar-refractivity contribution >= 4 is 57.0 Å². The van der Waals surface area contributed by atoms with Gasteiger partial charge in [-0.25, -0.2) is 4.99 Å². The quantitative estimate of drug-likeness (QED) is 0.142. The molecule has 0 bridgehead atoms. The predicted molar refractivity (Wildman–Crippen MR) is 191 cm³/mol. The van der Waals surface area contributed by atoms with Gasteiger partial charge in [0.25, 0.3) is 0 Å². The average Bonchev–Trinajstić information content (AvgIpc) is 3.45. The van der Waals surface area contributed by atoms with Crippen molar-refractivity contribution in [3.05, 3.63) is 178 Å². The molecule has 1 heterocycles. The largest absolute Gasteiger partial charge is 0.361 e. The molecule has 4 nitrogen and oxygen atoms in total. The number of thiophene rings is 1. The first kappa shape index (κ1) is 29.3. The summed E-state index contributed by atoms with van der Waals surface area (Å²) in [6.07, 6.45) is 6.06.